The van der Waals surface area contributed by atoms with E-state index in [1.807, 2.05) is 36.0 Å². The lowest BCUT2D eigenvalue weighted by molar-refractivity contribution is 0.133. The number of rotatable bonds is 9. The third-order valence-corrected chi connectivity index (χ3v) is 4.71. The van der Waals surface area contributed by atoms with Crippen molar-refractivity contribution in [3.05, 3.63) is 89.2 Å². The lowest BCUT2D eigenvalue weighted by Crippen LogP contribution is -2.36. The fourth-order valence-corrected chi connectivity index (χ4v) is 3.11. The molecule has 0 atom stereocenters. The predicted octanol–water partition coefficient (Wildman–Crippen LogP) is 3.33. The molecule has 0 aliphatic carbocycles. The summed E-state index contributed by atoms with van der Waals surface area (Å²) in [5.74, 6) is 0.769. The number of nitrogens with zero attached hydrogens (tertiary/aromatic N) is 3. The molecule has 0 unspecified atom stereocenters. The number of ether oxygens (including phenoxy) is 1. The van der Waals surface area contributed by atoms with Crippen molar-refractivity contribution >= 4 is 5.96 Å². The summed E-state index contributed by atoms with van der Waals surface area (Å²) in [5, 5.41) is 11.1. The van der Waals surface area contributed by atoms with E-state index in [4.69, 9.17) is 4.74 Å². The second-order valence-electron chi connectivity index (χ2n) is 6.66. The van der Waals surface area contributed by atoms with E-state index >= 15 is 0 Å². The van der Waals surface area contributed by atoms with Crippen molar-refractivity contribution in [2.24, 2.45) is 4.99 Å². The molecule has 0 saturated heterocycles. The molecule has 0 aliphatic rings. The number of benzene rings is 2. The van der Waals surface area contributed by atoms with Gasteiger partial charge in [0.2, 0.25) is 0 Å². The molecule has 2 N–H and O–H groups in total. The van der Waals surface area contributed by atoms with Gasteiger partial charge in [0, 0.05) is 39.1 Å². The van der Waals surface area contributed by atoms with Gasteiger partial charge in [0.15, 0.2) is 5.96 Å². The molecule has 2 aromatic carbocycles. The van der Waals surface area contributed by atoms with Gasteiger partial charge in [0.1, 0.15) is 0 Å². The van der Waals surface area contributed by atoms with Crippen LogP contribution in [0, 0.1) is 0 Å². The highest BCUT2D eigenvalue weighted by atomic mass is 16.5. The van der Waals surface area contributed by atoms with Gasteiger partial charge in [0.25, 0.3) is 0 Å². The molecule has 0 saturated carbocycles. The van der Waals surface area contributed by atoms with E-state index in [2.05, 4.69) is 57.1 Å². The minimum Gasteiger partial charge on any atom is -0.377 e. The average Bonchev–Trinajstić information content (AvgIpc) is 3.27. The SMILES string of the molecule is CCOCc1ccccc1CNC(=NC)NCc1ccccc1Cn1cccn1. The molecule has 3 aromatic rings. The summed E-state index contributed by atoms with van der Waals surface area (Å²) in [4.78, 5) is 4.36. The van der Waals surface area contributed by atoms with E-state index in [-0.39, 0.29) is 0 Å². The van der Waals surface area contributed by atoms with Crippen molar-refractivity contribution in [2.45, 2.75) is 33.2 Å². The summed E-state index contributed by atoms with van der Waals surface area (Å²) in [6.45, 7) is 5.48. The van der Waals surface area contributed by atoms with Gasteiger partial charge in [-0.05, 0) is 35.2 Å². The Kier molecular flexibility index (Phi) is 7.83. The van der Waals surface area contributed by atoms with Crippen LogP contribution in [0.5, 0.6) is 0 Å². The first-order chi connectivity index (χ1) is 14.3. The summed E-state index contributed by atoms with van der Waals surface area (Å²) in [6.07, 6.45) is 3.78. The Balaban J connectivity index is 1.58. The molecule has 1 aromatic heterocycles. The summed E-state index contributed by atoms with van der Waals surface area (Å²) in [7, 11) is 1.79. The number of guanidine groups is 1. The van der Waals surface area contributed by atoms with E-state index in [1.165, 1.54) is 22.3 Å². The Morgan fingerprint density at radius 2 is 1.55 bits per heavy atom. The molecule has 6 heteroatoms. The second-order valence-corrected chi connectivity index (χ2v) is 6.66. The molecule has 152 valence electrons. The van der Waals surface area contributed by atoms with Crippen LogP contribution in [0.1, 0.15) is 29.2 Å². The van der Waals surface area contributed by atoms with E-state index in [1.54, 1.807) is 13.2 Å². The van der Waals surface area contributed by atoms with Crippen LogP contribution < -0.4 is 10.6 Å². The Bertz CT molecular complexity index is 905. The summed E-state index contributed by atoms with van der Waals surface area (Å²) < 4.78 is 7.51. The van der Waals surface area contributed by atoms with Crippen LogP contribution in [0.4, 0.5) is 0 Å². The number of hydrogen-bond donors (Lipinski definition) is 2. The molecule has 1 heterocycles. The minimum absolute atomic E-state index is 0.626. The first-order valence-electron chi connectivity index (χ1n) is 9.93. The monoisotopic (exact) mass is 391 g/mol. The van der Waals surface area contributed by atoms with Crippen LogP contribution in [-0.2, 0) is 31.0 Å². The third kappa shape index (κ3) is 6.19. The van der Waals surface area contributed by atoms with Crippen LogP contribution in [0.15, 0.2) is 72.0 Å². The molecular formula is C23H29N5O. The van der Waals surface area contributed by atoms with Crippen LogP contribution in [-0.4, -0.2) is 29.4 Å². The largest absolute Gasteiger partial charge is 0.377 e. The zero-order valence-electron chi connectivity index (χ0n) is 17.1. The predicted molar refractivity (Wildman–Crippen MR) is 117 cm³/mol. The molecule has 6 nitrogen and oxygen atoms in total. The fraction of sp³-hybridized carbons (Fsp3) is 0.304. The van der Waals surface area contributed by atoms with E-state index in [9.17, 15) is 0 Å². The zero-order valence-corrected chi connectivity index (χ0v) is 17.1. The maximum absolute atomic E-state index is 5.57. The van der Waals surface area contributed by atoms with Crippen molar-refractivity contribution in [3.63, 3.8) is 0 Å². The van der Waals surface area contributed by atoms with Crippen molar-refractivity contribution in [1.82, 2.24) is 20.4 Å². The summed E-state index contributed by atoms with van der Waals surface area (Å²) >= 11 is 0. The van der Waals surface area contributed by atoms with E-state index < -0.39 is 0 Å². The molecule has 0 fully saturated rings. The maximum atomic E-state index is 5.57. The van der Waals surface area contributed by atoms with Crippen LogP contribution in [0.3, 0.4) is 0 Å². The standard InChI is InChI=1S/C23H29N5O/c1-3-29-18-22-12-7-5-10-20(22)16-26-23(24-2)25-15-19-9-4-6-11-21(19)17-28-14-8-13-27-28/h4-14H,3,15-18H2,1-2H3,(H2,24,25,26). The van der Waals surface area contributed by atoms with Crippen LogP contribution in [0.2, 0.25) is 0 Å². The molecule has 0 aliphatic heterocycles. The van der Waals surface area contributed by atoms with Gasteiger partial charge in [-0.2, -0.15) is 5.10 Å². The number of nitrogens with one attached hydrogen (secondary N) is 2. The quantitative estimate of drug-likeness (QED) is 0.434. The Morgan fingerprint density at radius 1 is 0.931 bits per heavy atom. The fourth-order valence-electron chi connectivity index (χ4n) is 3.11. The first kappa shape index (κ1) is 20.6. The van der Waals surface area contributed by atoms with E-state index in [0.717, 1.165) is 12.5 Å². The second kappa shape index (κ2) is 11.0. The van der Waals surface area contributed by atoms with Crippen molar-refractivity contribution in [2.75, 3.05) is 13.7 Å². The van der Waals surface area contributed by atoms with Gasteiger partial charge in [-0.3, -0.25) is 9.67 Å². The van der Waals surface area contributed by atoms with Crippen LogP contribution in [0.25, 0.3) is 0 Å². The van der Waals surface area contributed by atoms with Gasteiger partial charge >= 0.3 is 0 Å². The number of aliphatic imine (C=N–C) groups is 1. The molecule has 0 radical (unpaired) electrons. The molecule has 29 heavy (non-hydrogen) atoms. The van der Waals surface area contributed by atoms with Crippen molar-refractivity contribution in [3.8, 4) is 0 Å². The summed E-state index contributed by atoms with van der Waals surface area (Å²) in [6, 6.07) is 18.7. The number of aromatic nitrogens is 2. The number of hydrogen-bond acceptors (Lipinski definition) is 3. The molecule has 0 amide bonds. The minimum atomic E-state index is 0.626. The Morgan fingerprint density at radius 3 is 2.14 bits per heavy atom. The normalized spacial score (nSPS) is 11.4. The van der Waals surface area contributed by atoms with Crippen LogP contribution >= 0.6 is 0 Å². The highest BCUT2D eigenvalue weighted by Crippen LogP contribution is 2.11. The van der Waals surface area contributed by atoms with Crippen molar-refractivity contribution in [1.29, 1.82) is 0 Å². The highest BCUT2D eigenvalue weighted by molar-refractivity contribution is 5.79. The molecule has 0 spiro atoms. The highest BCUT2D eigenvalue weighted by Gasteiger charge is 2.06. The third-order valence-electron chi connectivity index (χ3n) is 4.71. The van der Waals surface area contributed by atoms with Gasteiger partial charge in [-0.15, -0.1) is 0 Å². The lowest BCUT2D eigenvalue weighted by Gasteiger charge is -2.16. The Hall–Kier alpha value is -3.12. The smallest absolute Gasteiger partial charge is 0.191 e. The molecule has 3 rings (SSSR count). The maximum Gasteiger partial charge on any atom is 0.191 e. The molecule has 0 bridgehead atoms. The van der Waals surface area contributed by atoms with Gasteiger partial charge < -0.3 is 15.4 Å². The summed E-state index contributed by atoms with van der Waals surface area (Å²) in [5.41, 5.74) is 4.87. The topological polar surface area (TPSA) is 63.5 Å². The van der Waals surface area contributed by atoms with Crippen molar-refractivity contribution < 1.29 is 4.74 Å². The lowest BCUT2D eigenvalue weighted by atomic mass is 10.1. The molecular weight excluding hydrogens is 362 g/mol. The average molecular weight is 392 g/mol. The van der Waals surface area contributed by atoms with E-state index in [0.29, 0.717) is 26.3 Å². The van der Waals surface area contributed by atoms with Gasteiger partial charge in [0.05, 0.1) is 13.2 Å². The van der Waals surface area contributed by atoms with Gasteiger partial charge in [-0.1, -0.05) is 48.5 Å². The van der Waals surface area contributed by atoms with Gasteiger partial charge in [-0.25, -0.2) is 0 Å². The first-order valence-corrected chi connectivity index (χ1v) is 9.93. The zero-order chi connectivity index (χ0) is 20.3. The Labute approximate surface area is 172 Å².